The first-order chi connectivity index (χ1) is 9.25. The van der Waals surface area contributed by atoms with Crippen molar-refractivity contribution in [2.45, 2.75) is 13.0 Å². The Bertz CT molecular complexity index is 704. The number of rotatable bonds is 3. The molecule has 0 saturated heterocycles. The molecule has 0 fully saturated rings. The monoisotopic (exact) mass is 257 g/mol. The third-order valence-corrected chi connectivity index (χ3v) is 2.76. The van der Waals surface area contributed by atoms with Crippen LogP contribution < -0.4 is 5.32 Å². The summed E-state index contributed by atoms with van der Waals surface area (Å²) in [5.41, 5.74) is 1.19. The summed E-state index contributed by atoms with van der Waals surface area (Å²) in [4.78, 5) is 20.2. The molecule has 3 heterocycles. The lowest BCUT2D eigenvalue weighted by Crippen LogP contribution is -2.28. The molecule has 0 aliphatic carbocycles. The Labute approximate surface area is 108 Å². The average molecular weight is 257 g/mol. The molecular formula is C12H11N5O2. The zero-order valence-electron chi connectivity index (χ0n) is 10.1. The molecule has 0 radical (unpaired) electrons. The molecule has 19 heavy (non-hydrogen) atoms. The van der Waals surface area contributed by atoms with Gasteiger partial charge in [-0.3, -0.25) is 9.20 Å². The highest BCUT2D eigenvalue weighted by Gasteiger charge is 2.17. The van der Waals surface area contributed by atoms with Crippen LogP contribution in [0.2, 0.25) is 0 Å². The van der Waals surface area contributed by atoms with Gasteiger partial charge in [0.2, 0.25) is 6.39 Å². The minimum absolute atomic E-state index is 0.240. The minimum Gasteiger partial charge on any atom is -0.343 e. The highest BCUT2D eigenvalue weighted by Crippen LogP contribution is 2.09. The van der Waals surface area contributed by atoms with E-state index < -0.39 is 0 Å². The number of hydrogen-bond donors (Lipinski definition) is 1. The Morgan fingerprint density at radius 1 is 1.42 bits per heavy atom. The van der Waals surface area contributed by atoms with Crippen LogP contribution in [-0.2, 0) is 0 Å². The van der Waals surface area contributed by atoms with Crippen LogP contribution in [0.5, 0.6) is 0 Å². The van der Waals surface area contributed by atoms with Gasteiger partial charge < -0.3 is 9.84 Å². The van der Waals surface area contributed by atoms with E-state index in [-0.39, 0.29) is 11.9 Å². The molecule has 0 bridgehead atoms. The van der Waals surface area contributed by atoms with Crippen LogP contribution in [0.25, 0.3) is 5.65 Å². The Hall–Kier alpha value is -2.70. The van der Waals surface area contributed by atoms with Crippen molar-refractivity contribution in [3.63, 3.8) is 0 Å². The van der Waals surface area contributed by atoms with Crippen molar-refractivity contribution in [2.75, 3.05) is 0 Å². The van der Waals surface area contributed by atoms with Gasteiger partial charge in [-0.25, -0.2) is 4.98 Å². The van der Waals surface area contributed by atoms with Crippen molar-refractivity contribution >= 4 is 11.6 Å². The zero-order valence-corrected chi connectivity index (χ0v) is 10.1. The summed E-state index contributed by atoms with van der Waals surface area (Å²) >= 11 is 0. The van der Waals surface area contributed by atoms with Crippen molar-refractivity contribution in [2.24, 2.45) is 0 Å². The number of pyridine rings is 1. The molecule has 1 amide bonds. The number of hydrogen-bond acceptors (Lipinski definition) is 5. The van der Waals surface area contributed by atoms with Gasteiger partial charge in [-0.15, -0.1) is 0 Å². The van der Waals surface area contributed by atoms with E-state index in [0.717, 1.165) is 5.65 Å². The van der Waals surface area contributed by atoms with Gasteiger partial charge in [0.1, 0.15) is 11.3 Å². The van der Waals surface area contributed by atoms with E-state index in [0.29, 0.717) is 11.5 Å². The third kappa shape index (κ3) is 2.05. The summed E-state index contributed by atoms with van der Waals surface area (Å²) in [6.07, 6.45) is 4.55. The van der Waals surface area contributed by atoms with Crippen LogP contribution in [0.1, 0.15) is 29.3 Å². The molecule has 3 aromatic rings. The van der Waals surface area contributed by atoms with Gasteiger partial charge in [-0.1, -0.05) is 11.2 Å². The highest BCUT2D eigenvalue weighted by atomic mass is 16.5. The van der Waals surface area contributed by atoms with Crippen LogP contribution in [0.3, 0.4) is 0 Å². The first kappa shape index (κ1) is 11.4. The second-order valence-corrected chi connectivity index (χ2v) is 4.06. The van der Waals surface area contributed by atoms with E-state index >= 15 is 0 Å². The van der Waals surface area contributed by atoms with Crippen molar-refractivity contribution in [1.82, 2.24) is 24.8 Å². The van der Waals surface area contributed by atoms with Crippen LogP contribution in [0.4, 0.5) is 0 Å². The molecule has 0 aliphatic rings. The van der Waals surface area contributed by atoms with Gasteiger partial charge in [0.25, 0.3) is 5.91 Å². The Morgan fingerprint density at radius 2 is 2.32 bits per heavy atom. The SMILES string of the molecule is CC(NC(=O)c1cnc2ccccn12)c1ncon1. The van der Waals surface area contributed by atoms with Crippen LogP contribution in [0, 0.1) is 0 Å². The van der Waals surface area contributed by atoms with E-state index in [9.17, 15) is 4.79 Å². The summed E-state index contributed by atoms with van der Waals surface area (Å²) < 4.78 is 6.37. The fourth-order valence-electron chi connectivity index (χ4n) is 1.81. The summed E-state index contributed by atoms with van der Waals surface area (Å²) in [5, 5.41) is 6.48. The Balaban J connectivity index is 1.84. The van der Waals surface area contributed by atoms with Crippen molar-refractivity contribution in [3.8, 4) is 0 Å². The van der Waals surface area contributed by atoms with Gasteiger partial charge >= 0.3 is 0 Å². The summed E-state index contributed by atoms with van der Waals surface area (Å²) in [6, 6.07) is 5.21. The lowest BCUT2D eigenvalue weighted by Gasteiger charge is -2.09. The molecule has 1 atom stereocenters. The van der Waals surface area contributed by atoms with Gasteiger partial charge in [-0.2, -0.15) is 4.98 Å². The fourth-order valence-corrected chi connectivity index (χ4v) is 1.81. The Morgan fingerprint density at radius 3 is 3.11 bits per heavy atom. The molecule has 0 spiro atoms. The van der Waals surface area contributed by atoms with Crippen molar-refractivity contribution in [1.29, 1.82) is 0 Å². The highest BCUT2D eigenvalue weighted by molar-refractivity contribution is 5.93. The van der Waals surface area contributed by atoms with E-state index in [4.69, 9.17) is 0 Å². The molecule has 7 heteroatoms. The largest absolute Gasteiger partial charge is 0.343 e. The quantitative estimate of drug-likeness (QED) is 0.762. The predicted octanol–water partition coefficient (Wildman–Crippen LogP) is 1.21. The first-order valence-electron chi connectivity index (χ1n) is 5.75. The van der Waals surface area contributed by atoms with E-state index in [1.165, 1.54) is 12.6 Å². The van der Waals surface area contributed by atoms with E-state index in [2.05, 4.69) is 25.0 Å². The van der Waals surface area contributed by atoms with E-state index in [1.807, 2.05) is 18.2 Å². The number of imidazole rings is 1. The maximum absolute atomic E-state index is 12.2. The molecular weight excluding hydrogens is 246 g/mol. The van der Waals surface area contributed by atoms with Gasteiger partial charge in [-0.05, 0) is 19.1 Å². The lowest BCUT2D eigenvalue weighted by atomic mass is 10.3. The number of nitrogens with zero attached hydrogens (tertiary/aromatic N) is 4. The molecule has 7 nitrogen and oxygen atoms in total. The second kappa shape index (κ2) is 4.52. The standard InChI is InChI=1S/C12H11N5O2/c1-8(11-14-7-19-16-11)15-12(18)9-6-13-10-4-2-3-5-17(9)10/h2-8H,1H3,(H,15,18). The van der Waals surface area contributed by atoms with E-state index in [1.54, 1.807) is 17.5 Å². The average Bonchev–Trinajstić information content (AvgIpc) is 3.08. The summed E-state index contributed by atoms with van der Waals surface area (Å²) in [7, 11) is 0. The Kier molecular flexibility index (Phi) is 2.71. The molecule has 0 aliphatic heterocycles. The van der Waals surface area contributed by atoms with Crippen LogP contribution >= 0.6 is 0 Å². The lowest BCUT2D eigenvalue weighted by molar-refractivity contribution is 0.0932. The zero-order chi connectivity index (χ0) is 13.2. The topological polar surface area (TPSA) is 85.3 Å². The minimum atomic E-state index is -0.333. The number of carbonyl (C=O) groups excluding carboxylic acids is 1. The van der Waals surface area contributed by atoms with Crippen LogP contribution in [0.15, 0.2) is 41.5 Å². The molecule has 0 aromatic carbocycles. The molecule has 1 unspecified atom stereocenters. The van der Waals surface area contributed by atoms with Gasteiger partial charge in [0.15, 0.2) is 5.82 Å². The van der Waals surface area contributed by atoms with Crippen LogP contribution in [-0.4, -0.2) is 25.4 Å². The fraction of sp³-hybridized carbons (Fsp3) is 0.167. The summed E-state index contributed by atoms with van der Waals surface area (Å²) in [5.74, 6) is 0.193. The molecule has 1 N–H and O–H groups in total. The number of nitrogens with one attached hydrogen (secondary N) is 1. The number of fused-ring (bicyclic) bond motifs is 1. The summed E-state index contributed by atoms with van der Waals surface area (Å²) in [6.45, 7) is 1.78. The van der Waals surface area contributed by atoms with Gasteiger partial charge in [0.05, 0.1) is 12.2 Å². The molecule has 3 aromatic heterocycles. The van der Waals surface area contributed by atoms with Crippen molar-refractivity contribution in [3.05, 3.63) is 48.5 Å². The van der Waals surface area contributed by atoms with Crippen molar-refractivity contribution < 1.29 is 9.32 Å². The predicted molar refractivity (Wildman–Crippen MR) is 65.4 cm³/mol. The van der Waals surface area contributed by atoms with Gasteiger partial charge in [0, 0.05) is 6.20 Å². The number of carbonyl (C=O) groups is 1. The smallest absolute Gasteiger partial charge is 0.270 e. The maximum atomic E-state index is 12.2. The molecule has 96 valence electrons. The second-order valence-electron chi connectivity index (χ2n) is 4.06. The first-order valence-corrected chi connectivity index (χ1v) is 5.75. The normalized spacial score (nSPS) is 12.5. The number of aromatic nitrogens is 4. The molecule has 0 saturated carbocycles. The number of amides is 1. The third-order valence-electron chi connectivity index (χ3n) is 2.76. The molecule has 3 rings (SSSR count). The maximum Gasteiger partial charge on any atom is 0.270 e.